The Labute approximate surface area is 125 Å². The Morgan fingerprint density at radius 2 is 1.85 bits per heavy atom. The van der Waals surface area contributed by atoms with Crippen LogP contribution in [0.3, 0.4) is 0 Å². The molecule has 20 heavy (non-hydrogen) atoms. The minimum absolute atomic E-state index is 0.143. The van der Waals surface area contributed by atoms with E-state index in [1.807, 2.05) is 0 Å². The standard InChI is InChI=1S/C16H34N2O2/c1-14-7-5-8-16(13-17,15(14)2)18(10-12-20-4)9-6-11-19-3/h14-15H,5-13,17H2,1-4H3. The molecule has 0 amide bonds. The summed E-state index contributed by atoms with van der Waals surface area (Å²) < 4.78 is 10.5. The lowest BCUT2D eigenvalue weighted by atomic mass is 9.67. The van der Waals surface area contributed by atoms with Crippen molar-refractivity contribution in [2.24, 2.45) is 17.6 Å². The zero-order chi connectivity index (χ0) is 15.0. The van der Waals surface area contributed by atoms with Gasteiger partial charge >= 0.3 is 0 Å². The van der Waals surface area contributed by atoms with Crippen molar-refractivity contribution in [3.63, 3.8) is 0 Å². The molecule has 2 N–H and O–H groups in total. The third-order valence-electron chi connectivity index (χ3n) is 5.30. The molecule has 1 fully saturated rings. The molecule has 1 saturated carbocycles. The average molecular weight is 286 g/mol. The molecule has 0 aliphatic heterocycles. The molecule has 0 aromatic carbocycles. The lowest BCUT2D eigenvalue weighted by molar-refractivity contribution is -0.0261. The summed E-state index contributed by atoms with van der Waals surface area (Å²) >= 11 is 0. The van der Waals surface area contributed by atoms with Gasteiger partial charge in [-0.05, 0) is 24.7 Å². The Kier molecular flexibility index (Phi) is 8.03. The lowest BCUT2D eigenvalue weighted by Crippen LogP contribution is -2.61. The Bertz CT molecular complexity index is 263. The molecule has 0 aromatic heterocycles. The van der Waals surface area contributed by atoms with E-state index in [0.29, 0.717) is 5.92 Å². The smallest absolute Gasteiger partial charge is 0.0589 e. The Morgan fingerprint density at radius 1 is 1.15 bits per heavy atom. The molecule has 0 radical (unpaired) electrons. The topological polar surface area (TPSA) is 47.7 Å². The van der Waals surface area contributed by atoms with Gasteiger partial charge in [0.1, 0.15) is 0 Å². The molecule has 4 nitrogen and oxygen atoms in total. The molecule has 4 heteroatoms. The summed E-state index contributed by atoms with van der Waals surface area (Å²) in [5.41, 5.74) is 6.40. The second kappa shape index (κ2) is 8.98. The quantitative estimate of drug-likeness (QED) is 0.660. The fourth-order valence-corrected chi connectivity index (χ4v) is 3.76. The van der Waals surface area contributed by atoms with Gasteiger partial charge in [-0.2, -0.15) is 0 Å². The van der Waals surface area contributed by atoms with Crippen LogP contribution in [0.15, 0.2) is 0 Å². The van der Waals surface area contributed by atoms with Crippen LogP contribution in [0.25, 0.3) is 0 Å². The van der Waals surface area contributed by atoms with E-state index >= 15 is 0 Å². The fraction of sp³-hybridized carbons (Fsp3) is 1.00. The van der Waals surface area contributed by atoms with Crippen LogP contribution in [-0.2, 0) is 9.47 Å². The number of nitrogens with two attached hydrogens (primary N) is 1. The molecule has 0 aromatic rings. The molecule has 1 rings (SSSR count). The molecule has 3 atom stereocenters. The minimum Gasteiger partial charge on any atom is -0.385 e. The summed E-state index contributed by atoms with van der Waals surface area (Å²) in [5.74, 6) is 1.39. The second-order valence-electron chi connectivity index (χ2n) is 6.29. The zero-order valence-electron chi connectivity index (χ0n) is 13.9. The van der Waals surface area contributed by atoms with E-state index in [1.165, 1.54) is 19.3 Å². The van der Waals surface area contributed by atoms with Crippen molar-refractivity contribution in [3.8, 4) is 0 Å². The Morgan fingerprint density at radius 3 is 2.45 bits per heavy atom. The summed E-state index contributed by atoms with van der Waals surface area (Å²) in [6.07, 6.45) is 4.89. The molecular formula is C16H34N2O2. The number of hydrogen-bond donors (Lipinski definition) is 1. The van der Waals surface area contributed by atoms with Crippen LogP contribution < -0.4 is 5.73 Å². The van der Waals surface area contributed by atoms with E-state index in [-0.39, 0.29) is 5.54 Å². The van der Waals surface area contributed by atoms with Gasteiger partial charge in [-0.1, -0.05) is 26.7 Å². The molecule has 0 saturated heterocycles. The van der Waals surface area contributed by atoms with Crippen molar-refractivity contribution in [1.29, 1.82) is 0 Å². The van der Waals surface area contributed by atoms with Gasteiger partial charge in [-0.3, -0.25) is 4.90 Å². The third kappa shape index (κ3) is 4.17. The van der Waals surface area contributed by atoms with Crippen molar-refractivity contribution >= 4 is 0 Å². The number of hydrogen-bond acceptors (Lipinski definition) is 4. The minimum atomic E-state index is 0.143. The fourth-order valence-electron chi connectivity index (χ4n) is 3.76. The maximum absolute atomic E-state index is 6.25. The predicted octanol–water partition coefficient (Wildman–Crippen LogP) is 2.12. The van der Waals surface area contributed by atoms with E-state index < -0.39 is 0 Å². The van der Waals surface area contributed by atoms with Crippen molar-refractivity contribution in [2.45, 2.75) is 45.1 Å². The summed E-state index contributed by atoms with van der Waals surface area (Å²) in [6.45, 7) is 9.10. The maximum atomic E-state index is 6.25. The van der Waals surface area contributed by atoms with Crippen LogP contribution in [0.1, 0.15) is 39.5 Å². The van der Waals surface area contributed by atoms with Crippen LogP contribution >= 0.6 is 0 Å². The predicted molar refractivity (Wildman–Crippen MR) is 83.9 cm³/mol. The number of ether oxygens (including phenoxy) is 2. The van der Waals surface area contributed by atoms with Crippen molar-refractivity contribution in [2.75, 3.05) is 47.1 Å². The van der Waals surface area contributed by atoms with Crippen LogP contribution in [0.5, 0.6) is 0 Å². The monoisotopic (exact) mass is 286 g/mol. The van der Waals surface area contributed by atoms with Crippen molar-refractivity contribution < 1.29 is 9.47 Å². The van der Waals surface area contributed by atoms with Gasteiger partial charge in [0.2, 0.25) is 0 Å². The number of nitrogens with zero attached hydrogens (tertiary/aromatic N) is 1. The zero-order valence-corrected chi connectivity index (χ0v) is 13.9. The summed E-state index contributed by atoms with van der Waals surface area (Å²) in [5, 5.41) is 0. The highest BCUT2D eigenvalue weighted by atomic mass is 16.5. The first-order valence-corrected chi connectivity index (χ1v) is 8.05. The van der Waals surface area contributed by atoms with Crippen molar-refractivity contribution in [3.05, 3.63) is 0 Å². The molecule has 3 unspecified atom stereocenters. The highest BCUT2D eigenvalue weighted by Gasteiger charge is 2.44. The Balaban J connectivity index is 2.80. The summed E-state index contributed by atoms with van der Waals surface area (Å²) in [7, 11) is 3.54. The lowest BCUT2D eigenvalue weighted by Gasteiger charge is -2.52. The highest BCUT2D eigenvalue weighted by Crippen LogP contribution is 2.41. The van der Waals surface area contributed by atoms with E-state index in [4.69, 9.17) is 15.2 Å². The van der Waals surface area contributed by atoms with Crippen LogP contribution in [0.2, 0.25) is 0 Å². The SMILES string of the molecule is COCCCN(CCOC)C1(CN)CCCC(C)C1C. The molecule has 0 spiro atoms. The van der Waals surface area contributed by atoms with Crippen LogP contribution in [-0.4, -0.2) is 57.5 Å². The first-order chi connectivity index (χ1) is 9.62. The van der Waals surface area contributed by atoms with E-state index in [1.54, 1.807) is 14.2 Å². The first kappa shape index (κ1) is 17.9. The highest BCUT2D eigenvalue weighted by molar-refractivity contribution is 5.00. The second-order valence-corrected chi connectivity index (χ2v) is 6.29. The van der Waals surface area contributed by atoms with E-state index in [0.717, 1.165) is 45.2 Å². The molecule has 1 aliphatic rings. The van der Waals surface area contributed by atoms with Gasteiger partial charge in [0.15, 0.2) is 0 Å². The molecule has 1 aliphatic carbocycles. The molecule has 120 valence electrons. The normalized spacial score (nSPS) is 30.9. The van der Waals surface area contributed by atoms with Gasteiger partial charge in [0.05, 0.1) is 6.61 Å². The van der Waals surface area contributed by atoms with Gasteiger partial charge in [0, 0.05) is 46.0 Å². The van der Waals surface area contributed by atoms with Crippen molar-refractivity contribution in [1.82, 2.24) is 4.90 Å². The summed E-state index contributed by atoms with van der Waals surface area (Å²) in [4.78, 5) is 2.58. The first-order valence-electron chi connectivity index (χ1n) is 8.05. The van der Waals surface area contributed by atoms with Gasteiger partial charge in [-0.15, -0.1) is 0 Å². The van der Waals surface area contributed by atoms with E-state index in [2.05, 4.69) is 18.7 Å². The third-order valence-corrected chi connectivity index (χ3v) is 5.30. The number of methoxy groups -OCH3 is 2. The summed E-state index contributed by atoms with van der Waals surface area (Å²) in [6, 6.07) is 0. The molecule has 0 heterocycles. The van der Waals surface area contributed by atoms with E-state index in [9.17, 15) is 0 Å². The largest absolute Gasteiger partial charge is 0.385 e. The maximum Gasteiger partial charge on any atom is 0.0589 e. The molecular weight excluding hydrogens is 252 g/mol. The average Bonchev–Trinajstić information content (AvgIpc) is 2.46. The Hall–Kier alpha value is -0.160. The van der Waals surface area contributed by atoms with Gasteiger partial charge in [-0.25, -0.2) is 0 Å². The van der Waals surface area contributed by atoms with Gasteiger partial charge in [0.25, 0.3) is 0 Å². The molecule has 0 bridgehead atoms. The van der Waals surface area contributed by atoms with Crippen LogP contribution in [0, 0.1) is 11.8 Å². The van der Waals surface area contributed by atoms with Crippen LogP contribution in [0.4, 0.5) is 0 Å². The number of rotatable bonds is 9. The van der Waals surface area contributed by atoms with Gasteiger partial charge < -0.3 is 15.2 Å².